The zero-order valence-electron chi connectivity index (χ0n) is 12.2. The molecule has 20 heavy (non-hydrogen) atoms. The molecule has 2 aromatic heterocycles. The third kappa shape index (κ3) is 2.77. The van der Waals surface area contributed by atoms with Crippen molar-refractivity contribution in [2.24, 2.45) is 5.92 Å². The molecule has 0 saturated heterocycles. The molecule has 1 atom stereocenters. The second kappa shape index (κ2) is 6.22. The van der Waals surface area contributed by atoms with Crippen molar-refractivity contribution < 1.29 is 4.79 Å². The molecule has 1 unspecified atom stereocenters. The summed E-state index contributed by atoms with van der Waals surface area (Å²) in [5, 5.41) is 0.875. The van der Waals surface area contributed by atoms with Crippen molar-refractivity contribution in [2.75, 3.05) is 18.8 Å². The van der Waals surface area contributed by atoms with Gasteiger partial charge in [0.25, 0.3) is 5.91 Å². The van der Waals surface area contributed by atoms with Gasteiger partial charge in [-0.1, -0.05) is 20.3 Å². The SMILES string of the molecule is CCC(C)CN(CC)C(=O)c1sc2ncccc2c1N. The summed E-state index contributed by atoms with van der Waals surface area (Å²) in [7, 11) is 0. The average Bonchev–Trinajstić information content (AvgIpc) is 2.81. The van der Waals surface area contributed by atoms with Crippen LogP contribution in [0.3, 0.4) is 0 Å². The van der Waals surface area contributed by atoms with Gasteiger partial charge in [0.15, 0.2) is 0 Å². The van der Waals surface area contributed by atoms with Gasteiger partial charge in [0.1, 0.15) is 9.71 Å². The summed E-state index contributed by atoms with van der Waals surface area (Å²) < 4.78 is 0. The number of nitrogens with two attached hydrogens (primary N) is 1. The first-order valence-electron chi connectivity index (χ1n) is 7.00. The Labute approximate surface area is 123 Å². The number of nitrogen functional groups attached to an aromatic ring is 1. The lowest BCUT2D eigenvalue weighted by atomic mass is 10.1. The number of hydrogen-bond acceptors (Lipinski definition) is 4. The van der Waals surface area contributed by atoms with E-state index in [4.69, 9.17) is 5.73 Å². The van der Waals surface area contributed by atoms with Crippen LogP contribution in [0.25, 0.3) is 10.2 Å². The Balaban J connectivity index is 2.32. The molecular formula is C15H21N3OS. The highest BCUT2D eigenvalue weighted by Gasteiger charge is 2.22. The van der Waals surface area contributed by atoms with Gasteiger partial charge in [0.05, 0.1) is 5.69 Å². The van der Waals surface area contributed by atoms with Gasteiger partial charge >= 0.3 is 0 Å². The first kappa shape index (κ1) is 14.8. The van der Waals surface area contributed by atoms with E-state index >= 15 is 0 Å². The Hall–Kier alpha value is -1.62. The van der Waals surface area contributed by atoms with E-state index in [9.17, 15) is 4.79 Å². The van der Waals surface area contributed by atoms with Crippen molar-refractivity contribution in [1.82, 2.24) is 9.88 Å². The van der Waals surface area contributed by atoms with Crippen LogP contribution in [-0.2, 0) is 0 Å². The minimum Gasteiger partial charge on any atom is -0.397 e. The summed E-state index contributed by atoms with van der Waals surface area (Å²) in [5.41, 5.74) is 6.68. The molecule has 2 rings (SSSR count). The smallest absolute Gasteiger partial charge is 0.266 e. The fourth-order valence-corrected chi connectivity index (χ4v) is 3.15. The average molecular weight is 291 g/mol. The third-order valence-corrected chi connectivity index (χ3v) is 4.71. The lowest BCUT2D eigenvalue weighted by Crippen LogP contribution is -2.34. The van der Waals surface area contributed by atoms with Crippen LogP contribution in [-0.4, -0.2) is 28.9 Å². The lowest BCUT2D eigenvalue weighted by Gasteiger charge is -2.23. The van der Waals surface area contributed by atoms with E-state index in [1.165, 1.54) is 11.3 Å². The molecule has 5 heteroatoms. The van der Waals surface area contributed by atoms with Crippen LogP contribution in [0.1, 0.15) is 36.9 Å². The van der Waals surface area contributed by atoms with E-state index in [1.54, 1.807) is 6.20 Å². The number of hydrogen-bond donors (Lipinski definition) is 1. The Kier molecular flexibility index (Phi) is 4.60. The standard InChI is InChI=1S/C15H21N3OS/c1-4-10(3)9-18(5-2)15(19)13-12(16)11-7-6-8-17-14(11)20-13/h6-8,10H,4-5,9,16H2,1-3H3. The maximum absolute atomic E-state index is 12.6. The minimum absolute atomic E-state index is 0.0216. The number of amides is 1. The van der Waals surface area contributed by atoms with Gasteiger partial charge in [0, 0.05) is 24.7 Å². The Morgan fingerprint density at radius 3 is 2.85 bits per heavy atom. The molecule has 0 aromatic carbocycles. The second-order valence-corrected chi connectivity index (χ2v) is 6.06. The zero-order valence-corrected chi connectivity index (χ0v) is 13.0. The van der Waals surface area contributed by atoms with E-state index in [-0.39, 0.29) is 5.91 Å². The summed E-state index contributed by atoms with van der Waals surface area (Å²) in [6.45, 7) is 7.77. The van der Waals surface area contributed by atoms with Crippen LogP contribution in [0.5, 0.6) is 0 Å². The Bertz CT molecular complexity index is 608. The largest absolute Gasteiger partial charge is 0.397 e. The predicted octanol–water partition coefficient (Wildman–Crippen LogP) is 3.39. The van der Waals surface area contributed by atoms with Crippen molar-refractivity contribution >= 4 is 33.1 Å². The molecule has 1 amide bonds. The fourth-order valence-electron chi connectivity index (χ4n) is 2.11. The van der Waals surface area contributed by atoms with Crippen molar-refractivity contribution in [3.8, 4) is 0 Å². The number of anilines is 1. The summed E-state index contributed by atoms with van der Waals surface area (Å²) in [4.78, 5) is 20.2. The maximum Gasteiger partial charge on any atom is 0.266 e. The van der Waals surface area contributed by atoms with Crippen LogP contribution < -0.4 is 5.73 Å². The molecular weight excluding hydrogens is 270 g/mol. The van der Waals surface area contributed by atoms with E-state index < -0.39 is 0 Å². The number of carbonyl (C=O) groups excluding carboxylic acids is 1. The molecule has 108 valence electrons. The van der Waals surface area contributed by atoms with E-state index in [0.29, 0.717) is 23.0 Å². The molecule has 0 aliphatic rings. The number of nitrogens with zero attached hydrogens (tertiary/aromatic N) is 2. The number of aromatic nitrogens is 1. The van der Waals surface area contributed by atoms with Gasteiger partial charge < -0.3 is 10.6 Å². The zero-order chi connectivity index (χ0) is 14.7. The maximum atomic E-state index is 12.6. The molecule has 0 spiro atoms. The van der Waals surface area contributed by atoms with E-state index in [1.807, 2.05) is 24.0 Å². The van der Waals surface area contributed by atoms with Gasteiger partial charge in [-0.25, -0.2) is 4.98 Å². The van der Waals surface area contributed by atoms with Gasteiger partial charge in [0.2, 0.25) is 0 Å². The second-order valence-electron chi connectivity index (χ2n) is 5.06. The first-order chi connectivity index (χ1) is 9.58. The summed E-state index contributed by atoms with van der Waals surface area (Å²) in [6.07, 6.45) is 2.79. The monoisotopic (exact) mass is 291 g/mol. The molecule has 2 aromatic rings. The molecule has 0 aliphatic carbocycles. The highest BCUT2D eigenvalue weighted by Crippen LogP contribution is 2.32. The Morgan fingerprint density at radius 2 is 2.25 bits per heavy atom. The molecule has 0 saturated carbocycles. The van der Waals surface area contributed by atoms with E-state index in [0.717, 1.165) is 23.2 Å². The molecule has 0 aliphatic heterocycles. The van der Waals surface area contributed by atoms with Crippen LogP contribution in [0, 0.1) is 5.92 Å². The molecule has 0 fully saturated rings. The van der Waals surface area contributed by atoms with Crippen molar-refractivity contribution in [2.45, 2.75) is 27.2 Å². The number of pyridine rings is 1. The van der Waals surface area contributed by atoms with Crippen molar-refractivity contribution in [3.05, 3.63) is 23.2 Å². The van der Waals surface area contributed by atoms with Crippen molar-refractivity contribution in [3.63, 3.8) is 0 Å². The lowest BCUT2D eigenvalue weighted by molar-refractivity contribution is 0.0747. The fraction of sp³-hybridized carbons (Fsp3) is 0.467. The number of thiophene rings is 1. The number of rotatable bonds is 5. The topological polar surface area (TPSA) is 59.2 Å². The molecule has 0 radical (unpaired) electrons. The molecule has 2 heterocycles. The normalized spacial score (nSPS) is 12.6. The van der Waals surface area contributed by atoms with Crippen LogP contribution >= 0.6 is 11.3 Å². The highest BCUT2D eigenvalue weighted by molar-refractivity contribution is 7.21. The molecule has 4 nitrogen and oxygen atoms in total. The Morgan fingerprint density at radius 1 is 1.50 bits per heavy atom. The van der Waals surface area contributed by atoms with Gasteiger partial charge in [-0.05, 0) is 25.0 Å². The summed E-state index contributed by atoms with van der Waals surface area (Å²) >= 11 is 1.38. The predicted molar refractivity (Wildman–Crippen MR) is 85.1 cm³/mol. The van der Waals surface area contributed by atoms with Crippen molar-refractivity contribution in [1.29, 1.82) is 0 Å². The highest BCUT2D eigenvalue weighted by atomic mass is 32.1. The molecule has 2 N–H and O–H groups in total. The third-order valence-electron chi connectivity index (χ3n) is 3.60. The van der Waals surface area contributed by atoms with Crippen LogP contribution in [0.4, 0.5) is 5.69 Å². The quantitative estimate of drug-likeness (QED) is 0.918. The van der Waals surface area contributed by atoms with Gasteiger partial charge in [-0.2, -0.15) is 0 Å². The number of fused-ring (bicyclic) bond motifs is 1. The van der Waals surface area contributed by atoms with Crippen LogP contribution in [0.2, 0.25) is 0 Å². The van der Waals surface area contributed by atoms with E-state index in [2.05, 4.69) is 18.8 Å². The van der Waals surface area contributed by atoms with Gasteiger partial charge in [-0.3, -0.25) is 4.79 Å². The summed E-state index contributed by atoms with van der Waals surface area (Å²) in [6, 6.07) is 3.76. The molecule has 0 bridgehead atoms. The minimum atomic E-state index is 0.0216. The number of carbonyl (C=O) groups is 1. The first-order valence-corrected chi connectivity index (χ1v) is 7.82. The van der Waals surface area contributed by atoms with Gasteiger partial charge in [-0.15, -0.1) is 11.3 Å². The van der Waals surface area contributed by atoms with Crippen LogP contribution in [0.15, 0.2) is 18.3 Å². The summed E-state index contributed by atoms with van der Waals surface area (Å²) in [5.74, 6) is 0.515.